The predicted molar refractivity (Wildman–Crippen MR) is 116 cm³/mol. The highest BCUT2D eigenvalue weighted by molar-refractivity contribution is 5.95. The van der Waals surface area contributed by atoms with E-state index in [1.807, 2.05) is 64.1 Å². The topological polar surface area (TPSA) is 61.8 Å². The van der Waals surface area contributed by atoms with E-state index in [1.165, 1.54) is 0 Å². The number of anilines is 2. The minimum Gasteiger partial charge on any atom is -0.490 e. The van der Waals surface area contributed by atoms with E-state index in [0.29, 0.717) is 43.7 Å². The van der Waals surface area contributed by atoms with E-state index in [9.17, 15) is 0 Å². The van der Waals surface area contributed by atoms with Gasteiger partial charge in [0.25, 0.3) is 0 Å². The number of nitrogens with one attached hydrogen (secondary N) is 1. The highest BCUT2D eigenvalue weighted by Gasteiger charge is 2.12. The molecule has 0 bridgehead atoms. The van der Waals surface area contributed by atoms with Crippen LogP contribution in [-0.2, 0) is 0 Å². The van der Waals surface area contributed by atoms with Gasteiger partial charge in [-0.3, -0.25) is 4.98 Å². The zero-order chi connectivity index (χ0) is 20.6. The lowest BCUT2D eigenvalue weighted by molar-refractivity contribution is 0.288. The van der Waals surface area contributed by atoms with Crippen LogP contribution in [0.1, 0.15) is 27.7 Å². The van der Waals surface area contributed by atoms with E-state index in [-0.39, 0.29) is 0 Å². The lowest BCUT2D eigenvalue weighted by Crippen LogP contribution is -2.01. The van der Waals surface area contributed by atoms with Gasteiger partial charge in [0.15, 0.2) is 23.0 Å². The summed E-state index contributed by atoms with van der Waals surface area (Å²) < 4.78 is 22.9. The second kappa shape index (κ2) is 9.87. The van der Waals surface area contributed by atoms with Gasteiger partial charge in [-0.25, -0.2) is 0 Å². The number of hydrogen-bond donors (Lipinski definition) is 1. The molecule has 3 rings (SSSR count). The molecule has 6 nitrogen and oxygen atoms in total. The Labute approximate surface area is 171 Å². The zero-order valence-corrected chi connectivity index (χ0v) is 17.5. The van der Waals surface area contributed by atoms with Gasteiger partial charge >= 0.3 is 0 Å². The van der Waals surface area contributed by atoms with Crippen LogP contribution in [0.25, 0.3) is 10.9 Å². The van der Waals surface area contributed by atoms with Crippen molar-refractivity contribution in [3.63, 3.8) is 0 Å². The number of fused-ring (bicyclic) bond motifs is 1. The number of nitrogens with zero attached hydrogens (tertiary/aromatic N) is 1. The Morgan fingerprint density at radius 1 is 0.690 bits per heavy atom. The normalized spacial score (nSPS) is 10.6. The van der Waals surface area contributed by atoms with Crippen molar-refractivity contribution in [2.75, 3.05) is 31.7 Å². The van der Waals surface area contributed by atoms with Gasteiger partial charge in [0.2, 0.25) is 0 Å². The number of rotatable bonds is 10. The van der Waals surface area contributed by atoms with E-state index in [2.05, 4.69) is 10.3 Å². The Balaban J connectivity index is 1.99. The van der Waals surface area contributed by atoms with E-state index in [0.717, 1.165) is 28.0 Å². The highest BCUT2D eigenvalue weighted by Crippen LogP contribution is 2.37. The first kappa shape index (κ1) is 20.6. The molecule has 0 fully saturated rings. The fraction of sp³-hybridized carbons (Fsp3) is 0.348. The molecule has 6 heteroatoms. The molecule has 0 atom stereocenters. The molecule has 29 heavy (non-hydrogen) atoms. The summed E-state index contributed by atoms with van der Waals surface area (Å²) in [6.45, 7) is 10.1. The summed E-state index contributed by atoms with van der Waals surface area (Å²) in [6.07, 6.45) is 1.78. The molecule has 0 saturated carbocycles. The number of ether oxygens (including phenoxy) is 4. The van der Waals surface area contributed by atoms with Crippen LogP contribution in [0, 0.1) is 0 Å². The van der Waals surface area contributed by atoms with Crippen molar-refractivity contribution in [1.29, 1.82) is 0 Å². The molecule has 0 unspecified atom stereocenters. The smallest absolute Gasteiger partial charge is 0.163 e. The van der Waals surface area contributed by atoms with Crippen molar-refractivity contribution >= 4 is 22.3 Å². The van der Waals surface area contributed by atoms with E-state index in [1.54, 1.807) is 6.20 Å². The molecule has 0 amide bonds. The SMILES string of the molecule is CCOc1ccc(Nc2ccnc3cc(OCC)c(OCC)cc23)cc1OCC. The Hall–Kier alpha value is -3.15. The Morgan fingerprint density at radius 2 is 1.28 bits per heavy atom. The average Bonchev–Trinajstić information content (AvgIpc) is 2.71. The molecule has 2 aromatic carbocycles. The fourth-order valence-corrected chi connectivity index (χ4v) is 3.08. The van der Waals surface area contributed by atoms with Crippen molar-refractivity contribution in [2.45, 2.75) is 27.7 Å². The monoisotopic (exact) mass is 396 g/mol. The molecule has 0 saturated heterocycles. The third-order valence-corrected chi connectivity index (χ3v) is 4.23. The van der Waals surface area contributed by atoms with Crippen LogP contribution in [0.15, 0.2) is 42.6 Å². The second-order valence-electron chi connectivity index (χ2n) is 6.19. The first-order chi connectivity index (χ1) is 14.2. The molecular weight excluding hydrogens is 368 g/mol. The van der Waals surface area contributed by atoms with Crippen molar-refractivity contribution in [1.82, 2.24) is 4.98 Å². The Kier molecular flexibility index (Phi) is 7.00. The molecular formula is C23H28N2O4. The Bertz CT molecular complexity index is 959. The minimum atomic E-state index is 0.561. The molecule has 0 aliphatic heterocycles. The van der Waals surface area contributed by atoms with E-state index in [4.69, 9.17) is 18.9 Å². The molecule has 1 aromatic heterocycles. The van der Waals surface area contributed by atoms with Gasteiger partial charge < -0.3 is 24.3 Å². The number of benzene rings is 2. The number of pyridine rings is 1. The lowest BCUT2D eigenvalue weighted by atomic mass is 10.1. The van der Waals surface area contributed by atoms with Gasteiger partial charge in [0.1, 0.15) is 0 Å². The van der Waals surface area contributed by atoms with E-state index < -0.39 is 0 Å². The van der Waals surface area contributed by atoms with Crippen LogP contribution in [0.3, 0.4) is 0 Å². The summed E-state index contributed by atoms with van der Waals surface area (Å²) in [5.74, 6) is 2.86. The van der Waals surface area contributed by atoms with Crippen LogP contribution in [0.2, 0.25) is 0 Å². The molecule has 0 radical (unpaired) electrons. The van der Waals surface area contributed by atoms with Crippen LogP contribution in [0.5, 0.6) is 23.0 Å². The number of aromatic nitrogens is 1. The average molecular weight is 396 g/mol. The van der Waals surface area contributed by atoms with Gasteiger partial charge in [0, 0.05) is 35.1 Å². The molecule has 0 aliphatic carbocycles. The van der Waals surface area contributed by atoms with Gasteiger partial charge in [-0.2, -0.15) is 0 Å². The fourth-order valence-electron chi connectivity index (χ4n) is 3.08. The van der Waals surface area contributed by atoms with Crippen LogP contribution in [0.4, 0.5) is 11.4 Å². The van der Waals surface area contributed by atoms with Crippen molar-refractivity contribution < 1.29 is 18.9 Å². The molecule has 1 heterocycles. The Morgan fingerprint density at radius 3 is 1.93 bits per heavy atom. The van der Waals surface area contributed by atoms with Crippen molar-refractivity contribution in [2.24, 2.45) is 0 Å². The first-order valence-corrected chi connectivity index (χ1v) is 10.0. The lowest BCUT2D eigenvalue weighted by Gasteiger charge is -2.16. The van der Waals surface area contributed by atoms with Gasteiger partial charge in [0.05, 0.1) is 31.9 Å². The summed E-state index contributed by atoms with van der Waals surface area (Å²) in [4.78, 5) is 4.49. The van der Waals surface area contributed by atoms with Gasteiger partial charge in [-0.05, 0) is 52.0 Å². The maximum absolute atomic E-state index is 5.78. The first-order valence-electron chi connectivity index (χ1n) is 10.0. The largest absolute Gasteiger partial charge is 0.490 e. The molecule has 154 valence electrons. The third kappa shape index (κ3) is 4.83. The summed E-state index contributed by atoms with van der Waals surface area (Å²) in [5.41, 5.74) is 2.65. The maximum Gasteiger partial charge on any atom is 0.163 e. The quantitative estimate of drug-likeness (QED) is 0.483. The van der Waals surface area contributed by atoms with E-state index >= 15 is 0 Å². The molecule has 0 spiro atoms. The summed E-state index contributed by atoms with van der Waals surface area (Å²) in [5, 5.41) is 4.41. The van der Waals surface area contributed by atoms with Crippen molar-refractivity contribution in [3.05, 3.63) is 42.6 Å². The summed E-state index contributed by atoms with van der Waals surface area (Å²) in [6, 6.07) is 11.7. The third-order valence-electron chi connectivity index (χ3n) is 4.23. The summed E-state index contributed by atoms with van der Waals surface area (Å²) in [7, 11) is 0. The van der Waals surface area contributed by atoms with Crippen LogP contribution in [-0.4, -0.2) is 31.4 Å². The second-order valence-corrected chi connectivity index (χ2v) is 6.19. The minimum absolute atomic E-state index is 0.561. The zero-order valence-electron chi connectivity index (χ0n) is 17.5. The van der Waals surface area contributed by atoms with Crippen LogP contribution < -0.4 is 24.3 Å². The summed E-state index contributed by atoms with van der Waals surface area (Å²) >= 11 is 0. The van der Waals surface area contributed by atoms with Gasteiger partial charge in [-0.1, -0.05) is 0 Å². The number of hydrogen-bond acceptors (Lipinski definition) is 6. The highest BCUT2D eigenvalue weighted by atomic mass is 16.5. The van der Waals surface area contributed by atoms with Gasteiger partial charge in [-0.15, -0.1) is 0 Å². The maximum atomic E-state index is 5.78. The molecule has 3 aromatic rings. The van der Waals surface area contributed by atoms with Crippen LogP contribution >= 0.6 is 0 Å². The van der Waals surface area contributed by atoms with Crippen molar-refractivity contribution in [3.8, 4) is 23.0 Å². The predicted octanol–water partition coefficient (Wildman–Crippen LogP) is 5.57. The molecule has 1 N–H and O–H groups in total. The standard InChI is InChI=1S/C23H28N2O4/c1-5-26-20-10-9-16(13-21(20)27-6-2)25-18-11-12-24-19-15-23(29-8-4)22(28-7-3)14-17(18)19/h9-15H,5-8H2,1-4H3,(H,24,25). The molecule has 0 aliphatic rings.